The number of nitrogens with two attached hydrogens (primary N) is 1. The van der Waals surface area contributed by atoms with Crippen molar-refractivity contribution in [3.63, 3.8) is 0 Å². The molecule has 0 radical (unpaired) electrons. The Kier molecular flexibility index (Phi) is 3.85. The second kappa shape index (κ2) is 5.22. The summed E-state index contributed by atoms with van der Waals surface area (Å²) >= 11 is 0. The molecule has 0 unspecified atom stereocenters. The minimum atomic E-state index is -2.78. The van der Waals surface area contributed by atoms with Crippen LogP contribution in [0.3, 0.4) is 0 Å². The lowest BCUT2D eigenvalue weighted by atomic mass is 9.74. The SMILES string of the molecule is CC1CCC(N)(c2ccc(OC(F)F)cc2)CC1. The van der Waals surface area contributed by atoms with E-state index in [9.17, 15) is 8.78 Å². The molecule has 1 aromatic rings. The van der Waals surface area contributed by atoms with Crippen LogP contribution in [0.4, 0.5) is 8.78 Å². The number of alkyl halides is 2. The summed E-state index contributed by atoms with van der Waals surface area (Å²) in [5, 5.41) is 0. The lowest BCUT2D eigenvalue weighted by molar-refractivity contribution is -0.0498. The van der Waals surface area contributed by atoms with Gasteiger partial charge in [-0.1, -0.05) is 19.1 Å². The van der Waals surface area contributed by atoms with Crippen LogP contribution in [0.2, 0.25) is 0 Å². The monoisotopic (exact) mass is 255 g/mol. The van der Waals surface area contributed by atoms with Crippen LogP contribution >= 0.6 is 0 Å². The molecule has 18 heavy (non-hydrogen) atoms. The Morgan fingerprint density at radius 3 is 2.28 bits per heavy atom. The first-order valence-corrected chi connectivity index (χ1v) is 6.34. The molecule has 1 aromatic carbocycles. The predicted octanol–water partition coefficient (Wildman–Crippen LogP) is 3.65. The van der Waals surface area contributed by atoms with E-state index in [-0.39, 0.29) is 11.3 Å². The Hall–Kier alpha value is -1.16. The van der Waals surface area contributed by atoms with Gasteiger partial charge in [0, 0.05) is 5.54 Å². The fourth-order valence-electron chi connectivity index (χ4n) is 2.53. The predicted molar refractivity (Wildman–Crippen MR) is 66.6 cm³/mol. The van der Waals surface area contributed by atoms with Crippen molar-refractivity contribution < 1.29 is 13.5 Å². The van der Waals surface area contributed by atoms with Crippen molar-refractivity contribution in [2.75, 3.05) is 0 Å². The molecule has 0 aromatic heterocycles. The van der Waals surface area contributed by atoms with Crippen LogP contribution in [0.5, 0.6) is 5.75 Å². The Labute approximate surface area is 106 Å². The molecule has 2 nitrogen and oxygen atoms in total. The summed E-state index contributed by atoms with van der Waals surface area (Å²) < 4.78 is 28.4. The highest BCUT2D eigenvalue weighted by molar-refractivity contribution is 5.32. The third-order valence-corrected chi connectivity index (χ3v) is 3.82. The van der Waals surface area contributed by atoms with Crippen LogP contribution in [0.15, 0.2) is 24.3 Å². The van der Waals surface area contributed by atoms with Crippen LogP contribution < -0.4 is 10.5 Å². The van der Waals surface area contributed by atoms with Gasteiger partial charge in [0.1, 0.15) is 5.75 Å². The Morgan fingerprint density at radius 1 is 1.22 bits per heavy atom. The van der Waals surface area contributed by atoms with Gasteiger partial charge in [0.25, 0.3) is 0 Å². The number of ether oxygens (including phenoxy) is 1. The number of hydrogen-bond acceptors (Lipinski definition) is 2. The average Bonchev–Trinajstić information content (AvgIpc) is 2.33. The van der Waals surface area contributed by atoms with Gasteiger partial charge in [0.15, 0.2) is 0 Å². The van der Waals surface area contributed by atoms with E-state index in [0.717, 1.165) is 37.2 Å². The van der Waals surface area contributed by atoms with Crippen molar-refractivity contribution in [1.82, 2.24) is 0 Å². The topological polar surface area (TPSA) is 35.2 Å². The first kappa shape index (κ1) is 13.3. The highest BCUT2D eigenvalue weighted by Gasteiger charge is 2.31. The maximum absolute atomic E-state index is 12.0. The Balaban J connectivity index is 2.09. The molecule has 100 valence electrons. The van der Waals surface area contributed by atoms with Gasteiger partial charge in [-0.25, -0.2) is 0 Å². The second-order valence-electron chi connectivity index (χ2n) is 5.24. The zero-order valence-corrected chi connectivity index (χ0v) is 10.5. The molecule has 0 spiro atoms. The van der Waals surface area contributed by atoms with Gasteiger partial charge in [0.05, 0.1) is 0 Å². The lowest BCUT2D eigenvalue weighted by Crippen LogP contribution is -2.40. The van der Waals surface area contributed by atoms with Crippen LogP contribution in [-0.4, -0.2) is 6.61 Å². The summed E-state index contributed by atoms with van der Waals surface area (Å²) in [6.07, 6.45) is 4.13. The molecule has 1 aliphatic rings. The standard InChI is InChI=1S/C14H19F2NO/c1-10-6-8-14(17,9-7-10)11-2-4-12(5-3-11)18-13(15)16/h2-5,10,13H,6-9,17H2,1H3. The van der Waals surface area contributed by atoms with Crippen molar-refractivity contribution in [2.45, 2.75) is 44.8 Å². The average molecular weight is 255 g/mol. The molecule has 2 N–H and O–H groups in total. The summed E-state index contributed by atoms with van der Waals surface area (Å²) in [5.74, 6) is 0.907. The van der Waals surface area contributed by atoms with Crippen LogP contribution in [0.25, 0.3) is 0 Å². The van der Waals surface area contributed by atoms with E-state index in [1.165, 1.54) is 0 Å². The van der Waals surface area contributed by atoms with Gasteiger partial charge >= 0.3 is 6.61 Å². The first-order chi connectivity index (χ1) is 8.49. The molecule has 2 rings (SSSR count). The Bertz CT molecular complexity index is 383. The van der Waals surface area contributed by atoms with E-state index in [0.29, 0.717) is 0 Å². The van der Waals surface area contributed by atoms with Crippen LogP contribution in [-0.2, 0) is 5.54 Å². The van der Waals surface area contributed by atoms with E-state index in [1.54, 1.807) is 24.3 Å². The minimum Gasteiger partial charge on any atom is -0.435 e. The summed E-state index contributed by atoms with van der Waals surface area (Å²) in [4.78, 5) is 0. The number of halogens is 2. The maximum atomic E-state index is 12.0. The van der Waals surface area contributed by atoms with Gasteiger partial charge in [-0.05, 0) is 49.3 Å². The van der Waals surface area contributed by atoms with Crippen LogP contribution in [0, 0.1) is 5.92 Å². The fourth-order valence-corrected chi connectivity index (χ4v) is 2.53. The zero-order chi connectivity index (χ0) is 13.2. The second-order valence-corrected chi connectivity index (χ2v) is 5.24. The molecule has 0 amide bonds. The van der Waals surface area contributed by atoms with E-state index < -0.39 is 6.61 Å². The maximum Gasteiger partial charge on any atom is 0.387 e. The van der Waals surface area contributed by atoms with E-state index in [2.05, 4.69) is 11.7 Å². The highest BCUT2D eigenvalue weighted by Crippen LogP contribution is 2.37. The molecule has 0 saturated heterocycles. The van der Waals surface area contributed by atoms with E-state index >= 15 is 0 Å². The third kappa shape index (κ3) is 2.99. The molecule has 0 heterocycles. The quantitative estimate of drug-likeness (QED) is 0.894. The molecule has 0 aliphatic heterocycles. The molecule has 1 aliphatic carbocycles. The molecule has 1 fully saturated rings. The molecular formula is C14H19F2NO. The summed E-state index contributed by atoms with van der Waals surface area (Å²) in [6, 6.07) is 6.73. The van der Waals surface area contributed by atoms with Gasteiger partial charge in [0.2, 0.25) is 0 Å². The largest absolute Gasteiger partial charge is 0.435 e. The van der Waals surface area contributed by atoms with Crippen molar-refractivity contribution in [3.8, 4) is 5.75 Å². The Morgan fingerprint density at radius 2 is 1.78 bits per heavy atom. The highest BCUT2D eigenvalue weighted by atomic mass is 19.3. The smallest absolute Gasteiger partial charge is 0.387 e. The van der Waals surface area contributed by atoms with E-state index in [1.807, 2.05) is 0 Å². The normalized spacial score (nSPS) is 28.4. The lowest BCUT2D eigenvalue weighted by Gasteiger charge is -2.36. The number of benzene rings is 1. The summed E-state index contributed by atoms with van der Waals surface area (Å²) in [6.45, 7) is -0.544. The molecule has 0 atom stereocenters. The van der Waals surface area contributed by atoms with Gasteiger partial charge in [-0.15, -0.1) is 0 Å². The minimum absolute atomic E-state index is 0.182. The number of hydrogen-bond donors (Lipinski definition) is 1. The molecule has 4 heteroatoms. The number of rotatable bonds is 3. The van der Waals surface area contributed by atoms with Crippen molar-refractivity contribution in [3.05, 3.63) is 29.8 Å². The van der Waals surface area contributed by atoms with Crippen molar-refractivity contribution >= 4 is 0 Å². The van der Waals surface area contributed by atoms with Crippen LogP contribution in [0.1, 0.15) is 38.2 Å². The fraction of sp³-hybridized carbons (Fsp3) is 0.571. The van der Waals surface area contributed by atoms with E-state index in [4.69, 9.17) is 5.73 Å². The third-order valence-electron chi connectivity index (χ3n) is 3.82. The van der Waals surface area contributed by atoms with Gasteiger partial charge in [-0.3, -0.25) is 0 Å². The molecule has 1 saturated carbocycles. The molecule has 0 bridgehead atoms. The van der Waals surface area contributed by atoms with Crippen molar-refractivity contribution in [1.29, 1.82) is 0 Å². The van der Waals surface area contributed by atoms with Gasteiger partial charge in [-0.2, -0.15) is 8.78 Å². The zero-order valence-electron chi connectivity index (χ0n) is 10.5. The molecular weight excluding hydrogens is 236 g/mol. The first-order valence-electron chi connectivity index (χ1n) is 6.34. The van der Waals surface area contributed by atoms with Crippen molar-refractivity contribution in [2.24, 2.45) is 11.7 Å². The summed E-state index contributed by atoms with van der Waals surface area (Å²) in [5.41, 5.74) is 7.11. The summed E-state index contributed by atoms with van der Waals surface area (Å²) in [7, 11) is 0. The van der Waals surface area contributed by atoms with Gasteiger partial charge < -0.3 is 10.5 Å².